The van der Waals surface area contributed by atoms with E-state index in [1.165, 1.54) is 24.1 Å². The molecule has 0 amide bonds. The van der Waals surface area contributed by atoms with E-state index in [0.29, 0.717) is 49.4 Å². The number of aromatic amines is 1. The summed E-state index contributed by atoms with van der Waals surface area (Å²) in [7, 11) is 0. The lowest BCUT2D eigenvalue weighted by atomic mass is 9.95. The number of tetrazole rings is 1. The summed E-state index contributed by atoms with van der Waals surface area (Å²) in [6, 6.07) is 10.3. The molecule has 0 bridgehead atoms. The summed E-state index contributed by atoms with van der Waals surface area (Å²) in [6.45, 7) is 4.40. The van der Waals surface area contributed by atoms with E-state index in [1.54, 1.807) is 11.3 Å². The van der Waals surface area contributed by atoms with Crippen molar-refractivity contribution in [2.45, 2.75) is 70.6 Å². The summed E-state index contributed by atoms with van der Waals surface area (Å²) in [5.74, 6) is 2.27. The van der Waals surface area contributed by atoms with E-state index >= 15 is 0 Å². The summed E-state index contributed by atoms with van der Waals surface area (Å²) < 4.78 is 13.5. The van der Waals surface area contributed by atoms with Crippen LogP contribution in [0.15, 0.2) is 40.5 Å². The molecule has 9 nitrogen and oxygen atoms in total. The van der Waals surface area contributed by atoms with E-state index in [-0.39, 0.29) is 11.6 Å². The van der Waals surface area contributed by atoms with Crippen LogP contribution in [-0.4, -0.2) is 43.3 Å². The van der Waals surface area contributed by atoms with Crippen molar-refractivity contribution < 1.29 is 9.47 Å². The van der Waals surface area contributed by atoms with Crippen LogP contribution in [-0.2, 0) is 13.1 Å². The van der Waals surface area contributed by atoms with Gasteiger partial charge in [-0.3, -0.25) is 9.69 Å². The largest absolute Gasteiger partial charge is 0.486 e. The fraction of sp³-hybridized carbons (Fsp3) is 0.481. The lowest BCUT2D eigenvalue weighted by molar-refractivity contribution is 0.156. The van der Waals surface area contributed by atoms with Crippen molar-refractivity contribution >= 4 is 22.2 Å². The second kappa shape index (κ2) is 10.6. The molecule has 2 aliphatic rings. The maximum absolute atomic E-state index is 13.3. The number of pyridine rings is 1. The van der Waals surface area contributed by atoms with Gasteiger partial charge in [0.05, 0.1) is 17.6 Å². The molecule has 1 aliphatic carbocycles. The first-order chi connectivity index (χ1) is 18.2. The van der Waals surface area contributed by atoms with Crippen molar-refractivity contribution in [3.63, 3.8) is 0 Å². The maximum Gasteiger partial charge on any atom is 0.252 e. The highest BCUT2D eigenvalue weighted by Gasteiger charge is 2.29. The number of hydrogen-bond donors (Lipinski definition) is 1. The molecule has 4 aromatic rings. The first-order valence-electron chi connectivity index (χ1n) is 13.2. The number of fused-ring (bicyclic) bond motifs is 2. The molecular formula is C27H32N6O3S. The lowest BCUT2D eigenvalue weighted by Crippen LogP contribution is -2.33. The Morgan fingerprint density at radius 1 is 1.14 bits per heavy atom. The third-order valence-electron chi connectivity index (χ3n) is 7.46. The predicted molar refractivity (Wildman–Crippen MR) is 142 cm³/mol. The first kappa shape index (κ1) is 24.1. The molecule has 37 heavy (non-hydrogen) atoms. The lowest BCUT2D eigenvalue weighted by Gasteiger charge is -2.31. The highest BCUT2D eigenvalue weighted by atomic mass is 32.1. The van der Waals surface area contributed by atoms with Crippen LogP contribution in [0, 0.1) is 0 Å². The van der Waals surface area contributed by atoms with Crippen LogP contribution in [0.1, 0.15) is 73.8 Å². The van der Waals surface area contributed by atoms with Gasteiger partial charge >= 0.3 is 0 Å². The summed E-state index contributed by atoms with van der Waals surface area (Å²) in [5.41, 5.74) is 1.36. The molecule has 0 unspecified atom stereocenters. The molecule has 1 aromatic carbocycles. The van der Waals surface area contributed by atoms with E-state index in [0.717, 1.165) is 36.0 Å². The number of benzene rings is 1. The molecule has 1 fully saturated rings. The Morgan fingerprint density at radius 3 is 2.70 bits per heavy atom. The SMILES string of the molecule is CC[C@@H](c1nnnn1C1CCCCC1)N(Cc1cccs1)Cc1cc2cc3c(cc2[nH]c1=O)OCCO3. The first-order valence-corrected chi connectivity index (χ1v) is 14.1. The van der Waals surface area contributed by atoms with Gasteiger partial charge in [0.2, 0.25) is 0 Å². The van der Waals surface area contributed by atoms with E-state index < -0.39 is 0 Å². The van der Waals surface area contributed by atoms with Gasteiger partial charge in [-0.2, -0.15) is 0 Å². The molecule has 0 radical (unpaired) electrons. The normalized spacial score (nSPS) is 16.9. The molecule has 1 saturated carbocycles. The Bertz CT molecular complexity index is 1410. The van der Waals surface area contributed by atoms with Gasteiger partial charge in [0, 0.05) is 35.0 Å². The predicted octanol–water partition coefficient (Wildman–Crippen LogP) is 5.01. The van der Waals surface area contributed by atoms with Gasteiger partial charge in [0.25, 0.3) is 5.56 Å². The second-order valence-corrected chi connectivity index (χ2v) is 10.9. The van der Waals surface area contributed by atoms with E-state index in [2.05, 4.69) is 54.5 Å². The van der Waals surface area contributed by atoms with Gasteiger partial charge in [-0.05, 0) is 53.3 Å². The Balaban J connectivity index is 1.36. The number of H-pyrrole nitrogens is 1. The summed E-state index contributed by atoms with van der Waals surface area (Å²) in [5, 5.41) is 16.1. The van der Waals surface area contributed by atoms with Crippen molar-refractivity contribution in [3.05, 3.63) is 62.3 Å². The van der Waals surface area contributed by atoms with Crippen molar-refractivity contribution in [2.75, 3.05) is 13.2 Å². The van der Waals surface area contributed by atoms with Crippen LogP contribution >= 0.6 is 11.3 Å². The van der Waals surface area contributed by atoms with Gasteiger partial charge in [-0.15, -0.1) is 16.4 Å². The van der Waals surface area contributed by atoms with Crippen LogP contribution < -0.4 is 15.0 Å². The summed E-state index contributed by atoms with van der Waals surface area (Å²) in [4.78, 5) is 19.9. The van der Waals surface area contributed by atoms with Crippen molar-refractivity contribution in [1.82, 2.24) is 30.1 Å². The third kappa shape index (κ3) is 5.00. The van der Waals surface area contributed by atoms with Crippen LogP contribution in [0.2, 0.25) is 0 Å². The Morgan fingerprint density at radius 2 is 1.95 bits per heavy atom. The standard InChI is InChI=1S/C27H32N6O3S/c1-2-23(26-29-30-31-33(26)20-7-4-3-5-8-20)32(17-21-9-6-12-37-21)16-19-13-18-14-24-25(36-11-10-35-24)15-22(18)28-27(19)34/h6,9,12-15,20,23H,2-5,7-8,10-11,16-17H2,1H3,(H,28,34)/t23-/m0/s1. The highest BCUT2D eigenvalue weighted by molar-refractivity contribution is 7.09. The van der Waals surface area contributed by atoms with E-state index in [4.69, 9.17) is 9.47 Å². The minimum Gasteiger partial charge on any atom is -0.486 e. The molecule has 0 saturated heterocycles. The fourth-order valence-corrected chi connectivity index (χ4v) is 6.34. The van der Waals surface area contributed by atoms with Crippen LogP contribution in [0.5, 0.6) is 11.5 Å². The Labute approximate surface area is 219 Å². The number of hydrogen-bond acceptors (Lipinski definition) is 8. The van der Waals surface area contributed by atoms with E-state index in [1.807, 2.05) is 18.2 Å². The smallest absolute Gasteiger partial charge is 0.252 e. The number of rotatable bonds is 8. The van der Waals surface area contributed by atoms with Crippen molar-refractivity contribution in [2.24, 2.45) is 0 Å². The third-order valence-corrected chi connectivity index (χ3v) is 8.32. The molecule has 3 aromatic heterocycles. The quantitative estimate of drug-likeness (QED) is 0.349. The number of nitrogens with one attached hydrogen (secondary N) is 1. The van der Waals surface area contributed by atoms with Gasteiger partial charge in [-0.1, -0.05) is 32.3 Å². The summed E-state index contributed by atoms with van der Waals surface area (Å²) >= 11 is 1.72. The number of thiophene rings is 1. The molecule has 1 N–H and O–H groups in total. The zero-order valence-corrected chi connectivity index (χ0v) is 21.9. The van der Waals surface area contributed by atoms with Crippen LogP contribution in [0.4, 0.5) is 0 Å². The Hall–Kier alpha value is -3.24. The molecule has 1 atom stereocenters. The molecule has 6 rings (SSSR count). The monoisotopic (exact) mass is 520 g/mol. The average molecular weight is 521 g/mol. The van der Waals surface area contributed by atoms with E-state index in [9.17, 15) is 4.79 Å². The number of nitrogens with zero attached hydrogens (tertiary/aromatic N) is 5. The molecular weight excluding hydrogens is 488 g/mol. The molecule has 4 heterocycles. The van der Waals surface area contributed by atoms with Crippen molar-refractivity contribution in [3.8, 4) is 11.5 Å². The molecule has 194 valence electrons. The zero-order chi connectivity index (χ0) is 25.2. The zero-order valence-electron chi connectivity index (χ0n) is 21.1. The molecule has 1 aliphatic heterocycles. The van der Waals surface area contributed by atoms with Gasteiger partial charge in [-0.25, -0.2) is 4.68 Å². The topological polar surface area (TPSA) is 98.2 Å². The van der Waals surface area contributed by atoms with Crippen LogP contribution in [0.3, 0.4) is 0 Å². The van der Waals surface area contributed by atoms with Crippen molar-refractivity contribution in [1.29, 1.82) is 0 Å². The van der Waals surface area contributed by atoms with Gasteiger partial charge in [0.1, 0.15) is 13.2 Å². The second-order valence-electron chi connectivity index (χ2n) is 9.89. The van der Waals surface area contributed by atoms with Gasteiger partial charge in [0.15, 0.2) is 17.3 Å². The van der Waals surface area contributed by atoms with Crippen LogP contribution in [0.25, 0.3) is 10.9 Å². The fourth-order valence-electron chi connectivity index (χ4n) is 5.61. The average Bonchev–Trinajstić information content (AvgIpc) is 3.62. The molecule has 0 spiro atoms. The maximum atomic E-state index is 13.3. The highest BCUT2D eigenvalue weighted by Crippen LogP contribution is 2.35. The number of aromatic nitrogens is 5. The Kier molecular flexibility index (Phi) is 6.93. The number of ether oxygens (including phenoxy) is 2. The minimum atomic E-state index is -0.0953. The minimum absolute atomic E-state index is 0.0191. The van der Waals surface area contributed by atoms with Gasteiger partial charge < -0.3 is 14.5 Å². The summed E-state index contributed by atoms with van der Waals surface area (Å²) in [6.07, 6.45) is 6.76. The molecule has 10 heteroatoms.